The Morgan fingerprint density at radius 2 is 1.85 bits per heavy atom. The molecule has 0 radical (unpaired) electrons. The number of rotatable bonds is 6. The molecule has 0 aliphatic heterocycles. The van der Waals surface area contributed by atoms with Crippen LogP contribution >= 0.6 is 0 Å². The number of carbonyl (C=O) groups excluding carboxylic acids is 2. The molecular formula is C18H19FN2O5S. The lowest BCUT2D eigenvalue weighted by molar-refractivity contribution is -0.119. The van der Waals surface area contributed by atoms with Crippen LogP contribution in [0.25, 0.3) is 0 Å². The van der Waals surface area contributed by atoms with E-state index < -0.39 is 34.3 Å². The van der Waals surface area contributed by atoms with Crippen molar-refractivity contribution in [2.24, 2.45) is 0 Å². The van der Waals surface area contributed by atoms with Gasteiger partial charge in [0.15, 0.2) is 6.61 Å². The molecule has 2 rings (SSSR count). The summed E-state index contributed by atoms with van der Waals surface area (Å²) in [7, 11) is -0.955. The summed E-state index contributed by atoms with van der Waals surface area (Å²) in [6.45, 7) is 1.09. The van der Waals surface area contributed by atoms with Crippen molar-refractivity contribution in [1.29, 1.82) is 0 Å². The van der Waals surface area contributed by atoms with Crippen molar-refractivity contribution in [1.82, 2.24) is 4.31 Å². The largest absolute Gasteiger partial charge is 0.452 e. The van der Waals surface area contributed by atoms with Crippen molar-refractivity contribution in [3.05, 3.63) is 59.4 Å². The fraction of sp³-hybridized carbons (Fsp3) is 0.222. The smallest absolute Gasteiger partial charge is 0.338 e. The van der Waals surface area contributed by atoms with Gasteiger partial charge in [-0.1, -0.05) is 12.1 Å². The van der Waals surface area contributed by atoms with Crippen LogP contribution < -0.4 is 5.32 Å². The van der Waals surface area contributed by atoms with Crippen LogP contribution in [0.4, 0.5) is 10.1 Å². The topological polar surface area (TPSA) is 92.8 Å². The Morgan fingerprint density at radius 3 is 2.52 bits per heavy atom. The van der Waals surface area contributed by atoms with Gasteiger partial charge in [0.05, 0.1) is 10.5 Å². The number of anilines is 1. The van der Waals surface area contributed by atoms with E-state index in [9.17, 15) is 22.4 Å². The highest BCUT2D eigenvalue weighted by Crippen LogP contribution is 2.17. The monoisotopic (exact) mass is 394 g/mol. The van der Waals surface area contributed by atoms with E-state index in [1.807, 2.05) is 0 Å². The van der Waals surface area contributed by atoms with Crippen LogP contribution in [0.1, 0.15) is 15.9 Å². The highest BCUT2D eigenvalue weighted by Gasteiger charge is 2.19. The second-order valence-corrected chi connectivity index (χ2v) is 8.05. The number of amides is 1. The number of benzene rings is 2. The van der Waals surface area contributed by atoms with Crippen LogP contribution in [0.15, 0.2) is 47.4 Å². The molecule has 0 saturated heterocycles. The zero-order valence-corrected chi connectivity index (χ0v) is 15.8. The second kappa shape index (κ2) is 8.28. The van der Waals surface area contributed by atoms with Gasteiger partial charge in [0.25, 0.3) is 5.91 Å². The lowest BCUT2D eigenvalue weighted by Crippen LogP contribution is -2.23. The first-order valence-corrected chi connectivity index (χ1v) is 9.31. The van der Waals surface area contributed by atoms with Crippen LogP contribution in [0, 0.1) is 12.7 Å². The van der Waals surface area contributed by atoms with Gasteiger partial charge in [-0.05, 0) is 42.8 Å². The molecule has 144 valence electrons. The fourth-order valence-electron chi connectivity index (χ4n) is 2.12. The van der Waals surface area contributed by atoms with Crippen molar-refractivity contribution in [2.75, 3.05) is 26.0 Å². The molecule has 2 aromatic rings. The Hall–Kier alpha value is -2.78. The molecule has 1 N–H and O–H groups in total. The van der Waals surface area contributed by atoms with E-state index in [4.69, 9.17) is 4.74 Å². The van der Waals surface area contributed by atoms with Crippen molar-refractivity contribution in [3.63, 3.8) is 0 Å². The number of sulfonamides is 1. The Labute approximate surface area is 156 Å². The zero-order valence-electron chi connectivity index (χ0n) is 15.0. The number of aryl methyl sites for hydroxylation is 1. The fourth-order valence-corrected chi connectivity index (χ4v) is 3.07. The third-order valence-corrected chi connectivity index (χ3v) is 5.47. The Kier molecular flexibility index (Phi) is 6.29. The van der Waals surface area contributed by atoms with Gasteiger partial charge >= 0.3 is 5.97 Å². The van der Waals surface area contributed by atoms with Crippen molar-refractivity contribution in [3.8, 4) is 0 Å². The molecule has 1 amide bonds. The van der Waals surface area contributed by atoms with Crippen molar-refractivity contribution < 1.29 is 27.1 Å². The normalized spacial score (nSPS) is 11.3. The molecule has 0 fully saturated rings. The molecule has 0 atom stereocenters. The van der Waals surface area contributed by atoms with E-state index >= 15 is 0 Å². The first kappa shape index (κ1) is 20.5. The van der Waals surface area contributed by atoms with Crippen LogP contribution in [-0.4, -0.2) is 45.3 Å². The van der Waals surface area contributed by atoms with E-state index in [2.05, 4.69) is 5.32 Å². The predicted molar refractivity (Wildman–Crippen MR) is 97.4 cm³/mol. The summed E-state index contributed by atoms with van der Waals surface area (Å²) >= 11 is 0. The standard InChI is InChI=1S/C18H19FN2O5S/c1-12-7-8-14(19)10-16(12)20-17(22)11-26-18(23)13-5-4-6-15(9-13)27(24,25)21(2)3/h4-10H,11H2,1-3H3,(H,20,22). The highest BCUT2D eigenvalue weighted by atomic mass is 32.2. The number of ether oxygens (including phenoxy) is 1. The van der Waals surface area contributed by atoms with E-state index in [0.29, 0.717) is 5.56 Å². The SMILES string of the molecule is Cc1ccc(F)cc1NC(=O)COC(=O)c1cccc(S(=O)(=O)N(C)C)c1. The molecule has 0 heterocycles. The number of nitrogens with one attached hydrogen (secondary N) is 1. The number of hydrogen-bond donors (Lipinski definition) is 1. The molecule has 27 heavy (non-hydrogen) atoms. The molecule has 0 unspecified atom stereocenters. The average molecular weight is 394 g/mol. The van der Waals surface area contributed by atoms with Crippen LogP contribution in [0.3, 0.4) is 0 Å². The summed E-state index contributed by atoms with van der Waals surface area (Å²) < 4.78 is 43.4. The molecule has 0 bridgehead atoms. The quantitative estimate of drug-likeness (QED) is 0.758. The molecule has 9 heteroatoms. The molecule has 2 aromatic carbocycles. The number of hydrogen-bond acceptors (Lipinski definition) is 5. The number of esters is 1. The van der Waals surface area contributed by atoms with Crippen LogP contribution in [0.2, 0.25) is 0 Å². The van der Waals surface area contributed by atoms with Gasteiger partial charge in [-0.2, -0.15) is 0 Å². The molecular weight excluding hydrogens is 375 g/mol. The summed E-state index contributed by atoms with van der Waals surface area (Å²) in [6, 6.07) is 9.24. The maximum absolute atomic E-state index is 13.2. The summed E-state index contributed by atoms with van der Waals surface area (Å²) in [5, 5.41) is 2.45. The van der Waals surface area contributed by atoms with E-state index in [-0.39, 0.29) is 16.1 Å². The van der Waals surface area contributed by atoms with Gasteiger partial charge < -0.3 is 10.1 Å². The predicted octanol–water partition coefficient (Wildman–Crippen LogP) is 2.18. The molecule has 0 aliphatic rings. The number of nitrogens with zero attached hydrogens (tertiary/aromatic N) is 1. The Morgan fingerprint density at radius 1 is 1.15 bits per heavy atom. The van der Waals surface area contributed by atoms with Gasteiger partial charge in [0.1, 0.15) is 5.82 Å². The molecule has 0 aromatic heterocycles. The zero-order chi connectivity index (χ0) is 20.2. The van der Waals surface area contributed by atoms with Gasteiger partial charge in [-0.15, -0.1) is 0 Å². The first-order chi connectivity index (χ1) is 12.6. The summed E-state index contributed by atoms with van der Waals surface area (Å²) in [5.74, 6) is -2.00. The molecule has 7 nitrogen and oxygen atoms in total. The third-order valence-electron chi connectivity index (χ3n) is 3.66. The van der Waals surface area contributed by atoms with E-state index in [0.717, 1.165) is 10.4 Å². The number of carbonyl (C=O) groups is 2. The maximum atomic E-state index is 13.2. The Bertz CT molecular complexity index is 973. The first-order valence-electron chi connectivity index (χ1n) is 7.87. The summed E-state index contributed by atoms with van der Waals surface area (Å²) in [6.07, 6.45) is 0. The van der Waals surface area contributed by atoms with Gasteiger partial charge in [0.2, 0.25) is 10.0 Å². The van der Waals surface area contributed by atoms with Crippen molar-refractivity contribution >= 4 is 27.6 Å². The summed E-state index contributed by atoms with van der Waals surface area (Å²) in [4.78, 5) is 23.9. The molecule has 0 spiro atoms. The molecule has 0 aliphatic carbocycles. The van der Waals surface area contributed by atoms with Gasteiger partial charge in [-0.3, -0.25) is 4.79 Å². The highest BCUT2D eigenvalue weighted by molar-refractivity contribution is 7.89. The minimum atomic E-state index is -3.70. The Balaban J connectivity index is 2.03. The second-order valence-electron chi connectivity index (χ2n) is 5.90. The lowest BCUT2D eigenvalue weighted by Gasteiger charge is -2.12. The minimum Gasteiger partial charge on any atom is -0.452 e. The third kappa shape index (κ3) is 5.11. The molecule has 0 saturated carbocycles. The minimum absolute atomic E-state index is 0.00680. The summed E-state index contributed by atoms with van der Waals surface area (Å²) in [5.41, 5.74) is 0.917. The van der Waals surface area contributed by atoms with Gasteiger partial charge in [-0.25, -0.2) is 21.9 Å². The average Bonchev–Trinajstić information content (AvgIpc) is 2.62. The maximum Gasteiger partial charge on any atom is 0.338 e. The van der Waals surface area contributed by atoms with Crippen LogP contribution in [-0.2, 0) is 19.6 Å². The lowest BCUT2D eigenvalue weighted by atomic mass is 10.2. The van der Waals surface area contributed by atoms with E-state index in [1.165, 1.54) is 50.5 Å². The number of halogens is 1. The van der Waals surface area contributed by atoms with Gasteiger partial charge in [0, 0.05) is 19.8 Å². The van der Waals surface area contributed by atoms with E-state index in [1.54, 1.807) is 6.92 Å². The van der Waals surface area contributed by atoms with Crippen molar-refractivity contribution in [2.45, 2.75) is 11.8 Å². The van der Waals surface area contributed by atoms with Crippen LogP contribution in [0.5, 0.6) is 0 Å².